The first-order valence-electron chi connectivity index (χ1n) is 6.15. The van der Waals surface area contributed by atoms with E-state index in [1.165, 1.54) is 25.3 Å². The number of carbonyl (C=O) groups is 1. The number of hydrogen-bond donors (Lipinski definition) is 1. The van der Waals surface area contributed by atoms with E-state index < -0.39 is 5.97 Å². The summed E-state index contributed by atoms with van der Waals surface area (Å²) in [7, 11) is 0. The van der Waals surface area contributed by atoms with Gasteiger partial charge >= 0.3 is 5.97 Å². The Morgan fingerprint density at radius 2 is 2.24 bits per heavy atom. The second-order valence-corrected chi connectivity index (χ2v) is 4.55. The molecule has 92 valence electrons. The van der Waals surface area contributed by atoms with Crippen LogP contribution in [0.4, 0.5) is 5.82 Å². The van der Waals surface area contributed by atoms with Gasteiger partial charge in [0.1, 0.15) is 5.82 Å². The zero-order chi connectivity index (χ0) is 12.3. The van der Waals surface area contributed by atoms with E-state index in [2.05, 4.69) is 16.8 Å². The van der Waals surface area contributed by atoms with Crippen molar-refractivity contribution in [1.29, 1.82) is 0 Å². The molecular weight excluding hydrogens is 216 g/mol. The number of carboxylic acids is 1. The summed E-state index contributed by atoms with van der Waals surface area (Å²) in [5, 5.41) is 8.94. The molecule has 0 bridgehead atoms. The van der Waals surface area contributed by atoms with Crippen molar-refractivity contribution in [2.24, 2.45) is 5.92 Å². The van der Waals surface area contributed by atoms with Crippen molar-refractivity contribution < 1.29 is 9.90 Å². The Morgan fingerprint density at radius 3 is 2.82 bits per heavy atom. The van der Waals surface area contributed by atoms with E-state index >= 15 is 0 Å². The van der Waals surface area contributed by atoms with Gasteiger partial charge in [-0.25, -0.2) is 9.78 Å². The van der Waals surface area contributed by atoms with E-state index in [0.717, 1.165) is 24.8 Å². The molecule has 2 rings (SSSR count). The Morgan fingerprint density at radius 1 is 1.53 bits per heavy atom. The third-order valence-electron chi connectivity index (χ3n) is 3.51. The predicted molar refractivity (Wildman–Crippen MR) is 66.4 cm³/mol. The lowest BCUT2D eigenvalue weighted by molar-refractivity contribution is 0.0697. The monoisotopic (exact) mass is 234 g/mol. The summed E-state index contributed by atoms with van der Waals surface area (Å²) >= 11 is 0. The lowest BCUT2D eigenvalue weighted by Gasteiger charge is -2.32. The van der Waals surface area contributed by atoms with Gasteiger partial charge in [0.2, 0.25) is 0 Å². The summed E-state index contributed by atoms with van der Waals surface area (Å²) in [4.78, 5) is 17.3. The molecule has 0 unspecified atom stereocenters. The van der Waals surface area contributed by atoms with Crippen LogP contribution in [0.2, 0.25) is 0 Å². The summed E-state index contributed by atoms with van der Waals surface area (Å²) in [5.41, 5.74) is 0.313. The van der Waals surface area contributed by atoms with E-state index in [1.54, 1.807) is 12.3 Å². The number of hydrogen-bond acceptors (Lipinski definition) is 3. The molecule has 1 N–H and O–H groups in total. The highest BCUT2D eigenvalue weighted by Gasteiger charge is 2.19. The molecule has 4 nitrogen and oxygen atoms in total. The molecule has 17 heavy (non-hydrogen) atoms. The number of nitrogens with zero attached hydrogens (tertiary/aromatic N) is 2. The molecule has 0 radical (unpaired) electrons. The number of carboxylic acid groups (broad SMARTS) is 1. The van der Waals surface area contributed by atoms with Gasteiger partial charge in [0.05, 0.1) is 5.56 Å². The molecule has 0 aliphatic carbocycles. The minimum atomic E-state index is -0.892. The van der Waals surface area contributed by atoms with Gasteiger partial charge in [-0.1, -0.05) is 13.3 Å². The van der Waals surface area contributed by atoms with E-state index in [1.807, 2.05) is 0 Å². The van der Waals surface area contributed by atoms with Gasteiger partial charge in [0.15, 0.2) is 0 Å². The fourth-order valence-electron chi connectivity index (χ4n) is 2.29. The van der Waals surface area contributed by atoms with Gasteiger partial charge < -0.3 is 10.0 Å². The number of aromatic carboxylic acids is 1. The normalized spacial score (nSPS) is 17.1. The zero-order valence-corrected chi connectivity index (χ0v) is 10.1. The first-order chi connectivity index (χ1) is 8.20. The Labute approximate surface area is 101 Å². The van der Waals surface area contributed by atoms with Crippen LogP contribution in [0.15, 0.2) is 18.3 Å². The van der Waals surface area contributed by atoms with Crippen LogP contribution >= 0.6 is 0 Å². The van der Waals surface area contributed by atoms with Crippen LogP contribution in [0.3, 0.4) is 0 Å². The van der Waals surface area contributed by atoms with E-state index in [9.17, 15) is 4.79 Å². The fraction of sp³-hybridized carbons (Fsp3) is 0.538. The average molecular weight is 234 g/mol. The first kappa shape index (κ1) is 11.9. The molecule has 1 aliphatic heterocycles. The fourth-order valence-corrected chi connectivity index (χ4v) is 2.29. The molecule has 2 heterocycles. The van der Waals surface area contributed by atoms with Crippen molar-refractivity contribution in [3.63, 3.8) is 0 Å². The summed E-state index contributed by atoms with van der Waals surface area (Å²) < 4.78 is 0. The Balaban J connectivity index is 2.08. The molecule has 1 fully saturated rings. The third-order valence-corrected chi connectivity index (χ3v) is 3.51. The van der Waals surface area contributed by atoms with Crippen molar-refractivity contribution in [3.05, 3.63) is 23.9 Å². The molecule has 0 amide bonds. The minimum absolute atomic E-state index is 0.313. The van der Waals surface area contributed by atoms with Crippen LogP contribution in [0.25, 0.3) is 0 Å². The van der Waals surface area contributed by atoms with Crippen LogP contribution in [-0.2, 0) is 0 Å². The number of piperidine rings is 1. The van der Waals surface area contributed by atoms with Gasteiger partial charge in [-0.3, -0.25) is 0 Å². The number of rotatable bonds is 3. The third kappa shape index (κ3) is 2.75. The molecule has 1 saturated heterocycles. The zero-order valence-electron chi connectivity index (χ0n) is 10.1. The van der Waals surface area contributed by atoms with Crippen molar-refractivity contribution in [2.75, 3.05) is 18.0 Å². The summed E-state index contributed by atoms with van der Waals surface area (Å²) in [6, 6.07) is 3.19. The van der Waals surface area contributed by atoms with Gasteiger partial charge in [-0.15, -0.1) is 0 Å². The molecular formula is C13H18N2O2. The summed E-state index contributed by atoms with van der Waals surface area (Å²) in [6.07, 6.45) is 5.16. The number of pyridine rings is 1. The van der Waals surface area contributed by atoms with E-state index in [-0.39, 0.29) is 0 Å². The van der Waals surface area contributed by atoms with Crippen LogP contribution in [0.5, 0.6) is 0 Å². The Kier molecular flexibility index (Phi) is 3.61. The highest BCUT2D eigenvalue weighted by Crippen LogP contribution is 2.23. The SMILES string of the molecule is CCC1CCN(c2cc(C(=O)O)ccn2)CC1. The maximum Gasteiger partial charge on any atom is 0.335 e. The number of aromatic nitrogens is 1. The van der Waals surface area contributed by atoms with Crippen molar-refractivity contribution >= 4 is 11.8 Å². The smallest absolute Gasteiger partial charge is 0.335 e. The maximum absolute atomic E-state index is 10.9. The van der Waals surface area contributed by atoms with Crippen molar-refractivity contribution in [1.82, 2.24) is 4.98 Å². The van der Waals surface area contributed by atoms with Gasteiger partial charge in [0.25, 0.3) is 0 Å². The molecule has 0 saturated carbocycles. The van der Waals surface area contributed by atoms with Crippen LogP contribution in [0, 0.1) is 5.92 Å². The highest BCUT2D eigenvalue weighted by atomic mass is 16.4. The van der Waals surface area contributed by atoms with Gasteiger partial charge in [0, 0.05) is 19.3 Å². The Bertz CT molecular complexity index is 398. The molecule has 0 spiro atoms. The van der Waals surface area contributed by atoms with Crippen molar-refractivity contribution in [3.8, 4) is 0 Å². The quantitative estimate of drug-likeness (QED) is 0.872. The summed E-state index contributed by atoms with van der Waals surface area (Å²) in [6.45, 7) is 4.19. The van der Waals surface area contributed by atoms with Crippen LogP contribution in [-0.4, -0.2) is 29.1 Å². The Hall–Kier alpha value is -1.58. The molecule has 1 aromatic rings. The van der Waals surface area contributed by atoms with Gasteiger partial charge in [-0.2, -0.15) is 0 Å². The second-order valence-electron chi connectivity index (χ2n) is 4.55. The number of anilines is 1. The molecule has 0 atom stereocenters. The molecule has 4 heteroatoms. The molecule has 1 aliphatic rings. The molecule has 1 aromatic heterocycles. The van der Waals surface area contributed by atoms with Gasteiger partial charge in [-0.05, 0) is 30.9 Å². The largest absolute Gasteiger partial charge is 0.478 e. The minimum Gasteiger partial charge on any atom is -0.478 e. The topological polar surface area (TPSA) is 53.4 Å². The highest BCUT2D eigenvalue weighted by molar-refractivity contribution is 5.88. The van der Waals surface area contributed by atoms with E-state index in [4.69, 9.17) is 5.11 Å². The standard InChI is InChI=1S/C13H18N2O2/c1-2-10-4-7-15(8-5-10)12-9-11(13(16)17)3-6-14-12/h3,6,9-10H,2,4-5,7-8H2,1H3,(H,16,17). The summed E-state index contributed by atoms with van der Waals surface area (Å²) in [5.74, 6) is 0.713. The second kappa shape index (κ2) is 5.17. The maximum atomic E-state index is 10.9. The lowest BCUT2D eigenvalue weighted by atomic mass is 9.94. The lowest BCUT2D eigenvalue weighted by Crippen LogP contribution is -2.34. The van der Waals surface area contributed by atoms with E-state index in [0.29, 0.717) is 5.56 Å². The molecule has 0 aromatic carbocycles. The predicted octanol–water partition coefficient (Wildman–Crippen LogP) is 2.41. The van der Waals surface area contributed by atoms with Crippen molar-refractivity contribution in [2.45, 2.75) is 26.2 Å². The van der Waals surface area contributed by atoms with Crippen LogP contribution < -0.4 is 4.90 Å². The van der Waals surface area contributed by atoms with Crippen LogP contribution in [0.1, 0.15) is 36.5 Å². The first-order valence-corrected chi connectivity index (χ1v) is 6.15. The average Bonchev–Trinajstić information content (AvgIpc) is 2.39.